The average Bonchev–Trinajstić information content (AvgIpc) is 2.73. The highest BCUT2D eigenvalue weighted by atomic mass is 32.2. The maximum Gasteiger partial charge on any atom is 0.219 e. The first-order valence-electron chi connectivity index (χ1n) is 6.94. The minimum atomic E-state index is -3.30. The summed E-state index contributed by atoms with van der Waals surface area (Å²) in [7, 11) is -3.30. The van der Waals surface area contributed by atoms with Crippen molar-refractivity contribution in [1.29, 1.82) is 0 Å². The second-order valence-electron chi connectivity index (χ2n) is 6.33. The fourth-order valence-corrected chi connectivity index (χ4v) is 4.59. The van der Waals surface area contributed by atoms with Crippen LogP contribution in [0, 0.1) is 0 Å². The molecular weight excluding hydrogens is 248 g/mol. The highest BCUT2D eigenvalue weighted by Crippen LogP contribution is 2.38. The molecule has 0 aromatic carbocycles. The van der Waals surface area contributed by atoms with Crippen molar-refractivity contribution in [2.75, 3.05) is 13.1 Å². The molecule has 2 N–H and O–H groups in total. The smallest absolute Gasteiger partial charge is 0.219 e. The summed E-state index contributed by atoms with van der Waals surface area (Å²) in [4.78, 5) is 0. The van der Waals surface area contributed by atoms with E-state index in [1.807, 2.05) is 6.92 Å². The molecule has 108 valence electrons. The fraction of sp³-hybridized carbons (Fsp3) is 1.00. The quantitative estimate of drug-likeness (QED) is 0.836. The molecule has 0 spiro atoms. The van der Waals surface area contributed by atoms with E-state index < -0.39 is 14.8 Å². The summed E-state index contributed by atoms with van der Waals surface area (Å²) in [6.07, 6.45) is 4.79. The summed E-state index contributed by atoms with van der Waals surface area (Å²) in [6, 6.07) is 0. The van der Waals surface area contributed by atoms with Crippen LogP contribution in [0.2, 0.25) is 0 Å². The van der Waals surface area contributed by atoms with Gasteiger partial charge in [-0.05, 0) is 40.0 Å². The summed E-state index contributed by atoms with van der Waals surface area (Å²) in [5, 5.41) is 0. The first-order valence-corrected chi connectivity index (χ1v) is 8.38. The van der Waals surface area contributed by atoms with Crippen LogP contribution < -0.4 is 5.73 Å². The molecule has 0 aliphatic heterocycles. The van der Waals surface area contributed by atoms with Gasteiger partial charge in [0, 0.05) is 18.6 Å². The maximum absolute atomic E-state index is 12.8. The third-order valence-electron chi connectivity index (χ3n) is 3.93. The lowest BCUT2D eigenvalue weighted by atomic mass is 9.98. The van der Waals surface area contributed by atoms with E-state index >= 15 is 0 Å². The summed E-state index contributed by atoms with van der Waals surface area (Å²) in [5.74, 6) is 0. The molecule has 1 aliphatic carbocycles. The Labute approximate surface area is 112 Å². The molecule has 0 saturated heterocycles. The number of nitrogens with two attached hydrogens (primary N) is 1. The molecule has 0 aromatic rings. The van der Waals surface area contributed by atoms with Crippen LogP contribution in [0.1, 0.15) is 59.8 Å². The zero-order valence-electron chi connectivity index (χ0n) is 12.2. The van der Waals surface area contributed by atoms with Crippen molar-refractivity contribution in [2.24, 2.45) is 5.73 Å². The molecule has 0 heterocycles. The SMILES string of the molecule is CCCN(C1(CN)CCCC1)S(=O)(=O)C(C)(C)C. The van der Waals surface area contributed by atoms with Crippen LogP contribution in [-0.4, -0.2) is 36.1 Å². The van der Waals surface area contributed by atoms with Gasteiger partial charge >= 0.3 is 0 Å². The Bertz CT molecular complexity index is 365. The third kappa shape index (κ3) is 2.73. The van der Waals surface area contributed by atoms with Crippen molar-refractivity contribution in [2.45, 2.75) is 70.1 Å². The minimum Gasteiger partial charge on any atom is -0.329 e. The number of sulfonamides is 1. The Kier molecular flexibility index (Phi) is 4.84. The van der Waals surface area contributed by atoms with E-state index in [1.165, 1.54) is 0 Å². The zero-order chi connectivity index (χ0) is 14.0. The van der Waals surface area contributed by atoms with E-state index in [1.54, 1.807) is 25.1 Å². The van der Waals surface area contributed by atoms with Gasteiger partial charge in [-0.2, -0.15) is 4.31 Å². The number of hydrogen-bond donors (Lipinski definition) is 1. The number of nitrogens with zero attached hydrogens (tertiary/aromatic N) is 1. The molecule has 0 unspecified atom stereocenters. The molecule has 1 aliphatic rings. The predicted octanol–water partition coefficient (Wildman–Crippen LogP) is 2.10. The maximum atomic E-state index is 12.8. The normalized spacial score (nSPS) is 20.6. The monoisotopic (exact) mass is 276 g/mol. The Morgan fingerprint density at radius 2 is 1.72 bits per heavy atom. The Morgan fingerprint density at radius 3 is 2.06 bits per heavy atom. The van der Waals surface area contributed by atoms with Crippen LogP contribution in [0.5, 0.6) is 0 Å². The standard InChI is InChI=1S/C13H28N2O2S/c1-5-10-15(18(16,17)12(2,3)4)13(11-14)8-6-7-9-13/h5-11,14H2,1-4H3. The molecule has 4 nitrogen and oxygen atoms in total. The largest absolute Gasteiger partial charge is 0.329 e. The second-order valence-corrected chi connectivity index (χ2v) is 8.94. The second kappa shape index (κ2) is 5.47. The van der Waals surface area contributed by atoms with Crippen molar-refractivity contribution in [3.05, 3.63) is 0 Å². The molecule has 0 bridgehead atoms. The Morgan fingerprint density at radius 1 is 1.22 bits per heavy atom. The van der Waals surface area contributed by atoms with Gasteiger partial charge in [0.15, 0.2) is 0 Å². The number of rotatable bonds is 5. The lowest BCUT2D eigenvalue weighted by Gasteiger charge is -2.42. The molecule has 1 fully saturated rings. The summed E-state index contributed by atoms with van der Waals surface area (Å²) >= 11 is 0. The highest BCUT2D eigenvalue weighted by Gasteiger charge is 2.47. The van der Waals surface area contributed by atoms with Crippen LogP contribution in [0.4, 0.5) is 0 Å². The molecule has 1 saturated carbocycles. The molecule has 0 amide bonds. The predicted molar refractivity (Wildman–Crippen MR) is 75.9 cm³/mol. The molecule has 0 atom stereocenters. The zero-order valence-corrected chi connectivity index (χ0v) is 13.0. The van der Waals surface area contributed by atoms with Crippen LogP contribution in [-0.2, 0) is 10.0 Å². The van der Waals surface area contributed by atoms with Crippen molar-refractivity contribution < 1.29 is 8.42 Å². The molecular formula is C13H28N2O2S. The van der Waals surface area contributed by atoms with Gasteiger partial charge in [-0.25, -0.2) is 8.42 Å². The molecule has 0 aromatic heterocycles. The van der Waals surface area contributed by atoms with Crippen molar-refractivity contribution >= 4 is 10.0 Å². The first kappa shape index (κ1) is 15.9. The molecule has 1 rings (SSSR count). The van der Waals surface area contributed by atoms with E-state index in [4.69, 9.17) is 5.73 Å². The third-order valence-corrected chi connectivity index (χ3v) is 6.63. The topological polar surface area (TPSA) is 63.4 Å². The molecule has 18 heavy (non-hydrogen) atoms. The highest BCUT2D eigenvalue weighted by molar-refractivity contribution is 7.90. The number of hydrogen-bond acceptors (Lipinski definition) is 3. The summed E-state index contributed by atoms with van der Waals surface area (Å²) in [6.45, 7) is 8.34. The van der Waals surface area contributed by atoms with Gasteiger partial charge in [0.25, 0.3) is 0 Å². The fourth-order valence-electron chi connectivity index (χ4n) is 2.73. The van der Waals surface area contributed by atoms with Crippen molar-refractivity contribution in [3.63, 3.8) is 0 Å². The van der Waals surface area contributed by atoms with Crippen molar-refractivity contribution in [3.8, 4) is 0 Å². The summed E-state index contributed by atoms with van der Waals surface area (Å²) < 4.78 is 26.5. The van der Waals surface area contributed by atoms with E-state index in [2.05, 4.69) is 0 Å². The minimum absolute atomic E-state index is 0.331. The average molecular weight is 276 g/mol. The van der Waals surface area contributed by atoms with E-state index in [0.717, 1.165) is 32.1 Å². The Balaban J connectivity index is 3.17. The van der Waals surface area contributed by atoms with Crippen LogP contribution in [0.3, 0.4) is 0 Å². The lowest BCUT2D eigenvalue weighted by molar-refractivity contribution is 0.193. The van der Waals surface area contributed by atoms with Gasteiger partial charge in [0.05, 0.1) is 4.75 Å². The molecule has 5 heteroatoms. The van der Waals surface area contributed by atoms with Gasteiger partial charge in [-0.1, -0.05) is 19.8 Å². The first-order chi connectivity index (χ1) is 8.21. The van der Waals surface area contributed by atoms with Crippen LogP contribution in [0.15, 0.2) is 0 Å². The van der Waals surface area contributed by atoms with E-state index in [0.29, 0.717) is 13.1 Å². The van der Waals surface area contributed by atoms with Crippen molar-refractivity contribution in [1.82, 2.24) is 4.31 Å². The van der Waals surface area contributed by atoms with Gasteiger partial charge in [-0.3, -0.25) is 0 Å². The molecule has 0 radical (unpaired) electrons. The van der Waals surface area contributed by atoms with E-state index in [-0.39, 0.29) is 5.54 Å². The Hall–Kier alpha value is -0.130. The van der Waals surface area contributed by atoms with E-state index in [9.17, 15) is 8.42 Å². The van der Waals surface area contributed by atoms with Gasteiger partial charge in [0.2, 0.25) is 10.0 Å². The van der Waals surface area contributed by atoms with Gasteiger partial charge in [0.1, 0.15) is 0 Å². The lowest BCUT2D eigenvalue weighted by Crippen LogP contribution is -2.58. The summed E-state index contributed by atoms with van der Waals surface area (Å²) in [5.41, 5.74) is 5.60. The van der Waals surface area contributed by atoms with Gasteiger partial charge < -0.3 is 5.73 Å². The van der Waals surface area contributed by atoms with Gasteiger partial charge in [-0.15, -0.1) is 0 Å². The van der Waals surface area contributed by atoms with Crippen LogP contribution in [0.25, 0.3) is 0 Å². The van der Waals surface area contributed by atoms with Crippen LogP contribution >= 0.6 is 0 Å².